The normalized spacial score (nSPS) is 11.4. The molecule has 1 N–H and O–H groups in total. The molecule has 0 aliphatic heterocycles. The van der Waals surface area contributed by atoms with E-state index in [2.05, 4.69) is 10.2 Å². The summed E-state index contributed by atoms with van der Waals surface area (Å²) in [6.07, 6.45) is 0. The number of H-pyrrole nitrogens is 1. The topological polar surface area (TPSA) is 77.0 Å². The number of carbonyl (C=O) groups is 1. The van der Waals surface area contributed by atoms with E-state index in [1.165, 1.54) is 11.5 Å². The molecule has 0 bridgehead atoms. The molecule has 6 heteroatoms. The summed E-state index contributed by atoms with van der Waals surface area (Å²) in [4.78, 5) is 22.0. The molecule has 14 heavy (non-hydrogen) atoms. The van der Waals surface area contributed by atoms with Gasteiger partial charge in [0.15, 0.2) is 0 Å². The minimum Gasteiger partial charge on any atom is -0.391 e. The van der Waals surface area contributed by atoms with Gasteiger partial charge in [0.25, 0.3) is 0 Å². The van der Waals surface area contributed by atoms with Gasteiger partial charge >= 0.3 is 17.7 Å². The minimum atomic E-state index is -0.505. The summed E-state index contributed by atoms with van der Waals surface area (Å²) in [6, 6.07) is -0.00463. The largest absolute Gasteiger partial charge is 0.391 e. The summed E-state index contributed by atoms with van der Waals surface area (Å²) in [5, 5.41) is 5.83. The highest BCUT2D eigenvalue weighted by atomic mass is 16.6. The third-order valence-corrected chi connectivity index (χ3v) is 1.55. The van der Waals surface area contributed by atoms with Crippen molar-refractivity contribution in [2.75, 3.05) is 0 Å². The molecule has 0 fully saturated rings. The fraction of sp³-hybridized carbons (Fsp3) is 0.625. The zero-order valence-electron chi connectivity index (χ0n) is 8.62. The van der Waals surface area contributed by atoms with Gasteiger partial charge in [-0.25, -0.2) is 14.5 Å². The van der Waals surface area contributed by atoms with Crippen molar-refractivity contribution in [3.05, 3.63) is 10.5 Å². The molecular weight excluding hydrogens is 186 g/mol. The lowest BCUT2D eigenvalue weighted by Crippen LogP contribution is -2.32. The second-order valence-electron chi connectivity index (χ2n) is 3.91. The Hall–Kier alpha value is -1.59. The summed E-state index contributed by atoms with van der Waals surface area (Å²) in [7, 11) is 0. The molecule has 0 aromatic carbocycles. The number of ether oxygens (including phenoxy) is 1. The molecule has 78 valence electrons. The first-order chi connectivity index (χ1) is 6.32. The highest BCUT2D eigenvalue weighted by Gasteiger charge is 2.22. The molecule has 6 nitrogen and oxygen atoms in total. The van der Waals surface area contributed by atoms with Gasteiger partial charge in [-0.1, -0.05) is 0 Å². The molecule has 0 unspecified atom stereocenters. The average Bonchev–Trinajstić information content (AvgIpc) is 2.28. The third kappa shape index (κ3) is 2.01. The maximum atomic E-state index is 11.3. The molecule has 0 amide bonds. The van der Waals surface area contributed by atoms with Gasteiger partial charge in [0.1, 0.15) is 0 Å². The molecule has 1 rings (SSSR count). The Morgan fingerprint density at radius 2 is 2.07 bits per heavy atom. The van der Waals surface area contributed by atoms with E-state index in [0.29, 0.717) is 0 Å². The standard InChI is InChI=1S/C8H13N3O3/c1-5(12)14-7-10-9-6(13)11(7)8(2,3)4/h1-4H3,(H,9,13). The van der Waals surface area contributed by atoms with Crippen molar-refractivity contribution in [3.8, 4) is 6.01 Å². The Morgan fingerprint density at radius 1 is 1.50 bits per heavy atom. The second kappa shape index (κ2) is 3.28. The quantitative estimate of drug-likeness (QED) is 0.658. The summed E-state index contributed by atoms with van der Waals surface area (Å²) >= 11 is 0. The van der Waals surface area contributed by atoms with E-state index in [1.807, 2.05) is 20.8 Å². The lowest BCUT2D eigenvalue weighted by molar-refractivity contribution is -0.132. The van der Waals surface area contributed by atoms with Crippen LogP contribution >= 0.6 is 0 Å². The Morgan fingerprint density at radius 3 is 2.50 bits per heavy atom. The van der Waals surface area contributed by atoms with Crippen molar-refractivity contribution in [1.29, 1.82) is 0 Å². The highest BCUT2D eigenvalue weighted by molar-refractivity contribution is 5.68. The van der Waals surface area contributed by atoms with Gasteiger partial charge in [-0.2, -0.15) is 0 Å². The van der Waals surface area contributed by atoms with Crippen molar-refractivity contribution in [3.63, 3.8) is 0 Å². The summed E-state index contributed by atoms with van der Waals surface area (Å²) in [5.41, 5.74) is -0.872. The number of carbonyl (C=O) groups excluding carboxylic acids is 1. The van der Waals surface area contributed by atoms with E-state index in [1.54, 1.807) is 0 Å². The van der Waals surface area contributed by atoms with Gasteiger partial charge in [0, 0.05) is 12.5 Å². The predicted octanol–water partition coefficient (Wildman–Crippen LogP) is 0.252. The van der Waals surface area contributed by atoms with Crippen LogP contribution < -0.4 is 10.4 Å². The molecule has 0 radical (unpaired) electrons. The SMILES string of the molecule is CC(=O)Oc1n[nH]c(=O)n1C(C)(C)C. The number of esters is 1. The first-order valence-corrected chi connectivity index (χ1v) is 4.18. The number of aromatic nitrogens is 3. The average molecular weight is 199 g/mol. The number of aromatic amines is 1. The van der Waals surface area contributed by atoms with Crippen molar-refractivity contribution in [2.24, 2.45) is 0 Å². The number of rotatable bonds is 1. The second-order valence-corrected chi connectivity index (χ2v) is 3.91. The third-order valence-electron chi connectivity index (χ3n) is 1.55. The van der Waals surface area contributed by atoms with Crippen LogP contribution in [0.2, 0.25) is 0 Å². The van der Waals surface area contributed by atoms with Crippen molar-refractivity contribution in [2.45, 2.75) is 33.2 Å². The fourth-order valence-corrected chi connectivity index (χ4v) is 1.07. The highest BCUT2D eigenvalue weighted by Crippen LogP contribution is 2.16. The molecule has 0 aliphatic rings. The first kappa shape index (κ1) is 10.5. The van der Waals surface area contributed by atoms with Crippen LogP contribution in [-0.4, -0.2) is 20.7 Å². The zero-order valence-corrected chi connectivity index (χ0v) is 8.62. The Labute approximate surface area is 80.9 Å². The molecule has 0 saturated heterocycles. The van der Waals surface area contributed by atoms with E-state index in [9.17, 15) is 9.59 Å². The van der Waals surface area contributed by atoms with Crippen LogP contribution in [0.25, 0.3) is 0 Å². The van der Waals surface area contributed by atoms with Crippen molar-refractivity contribution >= 4 is 5.97 Å². The van der Waals surface area contributed by atoms with Crippen molar-refractivity contribution < 1.29 is 9.53 Å². The summed E-state index contributed by atoms with van der Waals surface area (Å²) < 4.78 is 6.06. The number of hydrogen-bond donors (Lipinski definition) is 1. The van der Waals surface area contributed by atoms with E-state index in [-0.39, 0.29) is 6.01 Å². The van der Waals surface area contributed by atoms with Crippen molar-refractivity contribution in [1.82, 2.24) is 14.8 Å². The minimum absolute atomic E-state index is 0.00463. The maximum absolute atomic E-state index is 11.3. The molecule has 0 aliphatic carbocycles. The number of nitrogens with one attached hydrogen (secondary N) is 1. The van der Waals surface area contributed by atoms with Crippen LogP contribution in [0.4, 0.5) is 0 Å². The molecule has 0 saturated carbocycles. The zero-order chi connectivity index (χ0) is 10.9. The van der Waals surface area contributed by atoms with Crippen LogP contribution in [0.5, 0.6) is 6.01 Å². The monoisotopic (exact) mass is 199 g/mol. The van der Waals surface area contributed by atoms with Gasteiger partial charge in [0.05, 0.1) is 0 Å². The Balaban J connectivity index is 3.20. The Bertz CT molecular complexity index is 397. The van der Waals surface area contributed by atoms with Gasteiger partial charge in [0.2, 0.25) is 0 Å². The van der Waals surface area contributed by atoms with E-state index in [4.69, 9.17) is 4.74 Å². The molecule has 1 aromatic rings. The molecule has 0 spiro atoms. The Kier molecular flexibility index (Phi) is 2.46. The van der Waals surface area contributed by atoms with Crippen LogP contribution in [0.15, 0.2) is 4.79 Å². The van der Waals surface area contributed by atoms with Crippen LogP contribution in [0, 0.1) is 0 Å². The molecule has 1 heterocycles. The molecule has 0 atom stereocenters. The van der Waals surface area contributed by atoms with Crippen LogP contribution in [0.1, 0.15) is 27.7 Å². The van der Waals surface area contributed by atoms with Gasteiger partial charge in [-0.05, 0) is 20.8 Å². The van der Waals surface area contributed by atoms with E-state index >= 15 is 0 Å². The first-order valence-electron chi connectivity index (χ1n) is 4.18. The van der Waals surface area contributed by atoms with Gasteiger partial charge in [-0.3, -0.25) is 4.79 Å². The summed E-state index contributed by atoms with van der Waals surface area (Å²) in [6.45, 7) is 6.71. The van der Waals surface area contributed by atoms with Gasteiger partial charge < -0.3 is 4.74 Å². The van der Waals surface area contributed by atoms with E-state index in [0.717, 1.165) is 0 Å². The lowest BCUT2D eigenvalue weighted by atomic mass is 10.1. The van der Waals surface area contributed by atoms with Crippen LogP contribution in [-0.2, 0) is 10.3 Å². The molecular formula is C8H13N3O3. The van der Waals surface area contributed by atoms with Gasteiger partial charge in [-0.15, -0.1) is 5.10 Å². The lowest BCUT2D eigenvalue weighted by Gasteiger charge is -2.19. The fourth-order valence-electron chi connectivity index (χ4n) is 1.07. The van der Waals surface area contributed by atoms with E-state index < -0.39 is 17.2 Å². The smallest absolute Gasteiger partial charge is 0.346 e. The summed E-state index contributed by atoms with van der Waals surface area (Å²) in [5.74, 6) is -0.505. The predicted molar refractivity (Wildman–Crippen MR) is 49.2 cm³/mol. The number of nitrogens with zero attached hydrogens (tertiary/aromatic N) is 2. The molecule has 1 aromatic heterocycles. The maximum Gasteiger partial charge on any atom is 0.346 e. The number of hydrogen-bond acceptors (Lipinski definition) is 4. The van der Waals surface area contributed by atoms with Crippen LogP contribution in [0.3, 0.4) is 0 Å².